The number of carbonyl (C=O) groups is 3. The fraction of sp³-hybridized carbons (Fsp3) is 0.167. The topological polar surface area (TPSA) is 54.5 Å². The maximum absolute atomic E-state index is 12.6. The lowest BCUT2D eigenvalue weighted by Gasteiger charge is -2.22. The highest BCUT2D eigenvalue weighted by atomic mass is 32.1. The fourth-order valence-corrected chi connectivity index (χ4v) is 3.56. The van der Waals surface area contributed by atoms with Gasteiger partial charge in [0.05, 0.1) is 21.5 Å². The molecule has 0 atom stereocenters. The lowest BCUT2D eigenvalue weighted by atomic mass is 10.1. The number of fused-ring (bicyclic) bond motifs is 1. The van der Waals surface area contributed by atoms with Crippen LogP contribution in [0.3, 0.4) is 0 Å². The molecule has 0 radical (unpaired) electrons. The van der Waals surface area contributed by atoms with E-state index in [1.54, 1.807) is 36.4 Å². The summed E-state index contributed by atoms with van der Waals surface area (Å²) >= 11 is 1.38. The van der Waals surface area contributed by atoms with Gasteiger partial charge >= 0.3 is 0 Å². The van der Waals surface area contributed by atoms with Crippen molar-refractivity contribution in [3.05, 3.63) is 69.9 Å². The van der Waals surface area contributed by atoms with Crippen molar-refractivity contribution in [1.82, 2.24) is 4.90 Å². The van der Waals surface area contributed by atoms with Crippen molar-refractivity contribution >= 4 is 28.9 Å². The SMILES string of the molecule is O=C(/C=C/C1(N2C(=O)c3ccccc3C2=O)CC1)c1cccs1. The largest absolute Gasteiger partial charge is 0.288 e. The van der Waals surface area contributed by atoms with Gasteiger partial charge < -0.3 is 0 Å². The average Bonchev–Trinajstić information content (AvgIpc) is 3.04. The zero-order valence-electron chi connectivity index (χ0n) is 12.2. The second-order valence-electron chi connectivity index (χ2n) is 5.77. The van der Waals surface area contributed by atoms with Crippen LogP contribution >= 0.6 is 11.3 Å². The molecule has 114 valence electrons. The molecule has 1 aliphatic carbocycles. The van der Waals surface area contributed by atoms with Gasteiger partial charge in [-0.3, -0.25) is 19.3 Å². The number of nitrogens with zero attached hydrogens (tertiary/aromatic N) is 1. The summed E-state index contributed by atoms with van der Waals surface area (Å²) in [5.41, 5.74) is 0.253. The number of allylic oxidation sites excluding steroid dienone is 1. The van der Waals surface area contributed by atoms with E-state index in [2.05, 4.69) is 0 Å². The lowest BCUT2D eigenvalue weighted by Crippen LogP contribution is -2.40. The minimum Gasteiger partial charge on any atom is -0.288 e. The van der Waals surface area contributed by atoms with E-state index in [9.17, 15) is 14.4 Å². The number of hydrogen-bond acceptors (Lipinski definition) is 4. The third kappa shape index (κ3) is 2.16. The van der Waals surface area contributed by atoms with E-state index in [1.165, 1.54) is 22.3 Å². The van der Waals surface area contributed by atoms with Gasteiger partial charge in [-0.25, -0.2) is 0 Å². The predicted octanol–water partition coefficient (Wildman–Crippen LogP) is 3.32. The number of hydrogen-bond donors (Lipinski definition) is 0. The first-order valence-corrected chi connectivity index (χ1v) is 8.25. The van der Waals surface area contributed by atoms with Gasteiger partial charge in [-0.2, -0.15) is 0 Å². The summed E-state index contributed by atoms with van der Waals surface area (Å²) in [5, 5.41) is 1.85. The van der Waals surface area contributed by atoms with Crippen molar-refractivity contribution in [2.75, 3.05) is 0 Å². The minimum absolute atomic E-state index is 0.0946. The molecule has 2 heterocycles. The summed E-state index contributed by atoms with van der Waals surface area (Å²) in [4.78, 5) is 39.2. The molecule has 4 rings (SSSR count). The van der Waals surface area contributed by atoms with Crippen LogP contribution in [0.2, 0.25) is 0 Å². The molecular weight excluding hydrogens is 310 g/mol. The molecule has 0 bridgehead atoms. The van der Waals surface area contributed by atoms with Crippen LogP contribution in [0.5, 0.6) is 0 Å². The van der Waals surface area contributed by atoms with Crippen LogP contribution in [0.15, 0.2) is 53.9 Å². The van der Waals surface area contributed by atoms with Gasteiger partial charge in [0.25, 0.3) is 11.8 Å². The normalized spacial score (nSPS) is 18.5. The summed E-state index contributed by atoms with van der Waals surface area (Å²) in [7, 11) is 0. The van der Waals surface area contributed by atoms with Gasteiger partial charge in [-0.15, -0.1) is 11.3 Å². The predicted molar refractivity (Wildman–Crippen MR) is 86.7 cm³/mol. The molecule has 2 aliphatic rings. The maximum atomic E-state index is 12.6. The first kappa shape index (κ1) is 14.1. The highest BCUT2D eigenvalue weighted by molar-refractivity contribution is 7.12. The molecule has 1 aromatic heterocycles. The molecule has 1 saturated carbocycles. The number of imide groups is 1. The first-order chi connectivity index (χ1) is 11.1. The monoisotopic (exact) mass is 323 g/mol. The number of carbonyl (C=O) groups excluding carboxylic acids is 3. The molecule has 0 spiro atoms. The Kier molecular flexibility index (Phi) is 3.06. The highest BCUT2D eigenvalue weighted by Crippen LogP contribution is 2.46. The summed E-state index contributed by atoms with van der Waals surface area (Å²) < 4.78 is 0. The summed E-state index contributed by atoms with van der Waals surface area (Å²) in [5.74, 6) is -0.629. The molecule has 0 saturated heterocycles. The molecule has 1 aliphatic heterocycles. The standard InChI is InChI=1S/C18H13NO3S/c20-14(15-6-3-11-23-15)7-8-18(9-10-18)19-16(21)12-4-1-2-5-13(12)17(19)22/h1-8,11H,9-10H2/b8-7+. The van der Waals surface area contributed by atoms with E-state index in [-0.39, 0.29) is 17.6 Å². The van der Waals surface area contributed by atoms with Crippen molar-refractivity contribution in [2.45, 2.75) is 18.4 Å². The fourth-order valence-electron chi connectivity index (χ4n) is 2.92. The van der Waals surface area contributed by atoms with E-state index in [4.69, 9.17) is 0 Å². The summed E-state index contributed by atoms with van der Waals surface area (Å²) in [6.45, 7) is 0. The summed E-state index contributed by atoms with van der Waals surface area (Å²) in [6.07, 6.45) is 4.61. The van der Waals surface area contributed by atoms with E-state index in [0.717, 1.165) is 0 Å². The Labute approximate surface area is 137 Å². The van der Waals surface area contributed by atoms with Crippen LogP contribution in [-0.2, 0) is 0 Å². The summed E-state index contributed by atoms with van der Waals surface area (Å²) in [6, 6.07) is 10.4. The quantitative estimate of drug-likeness (QED) is 0.493. The number of rotatable bonds is 4. The third-order valence-electron chi connectivity index (χ3n) is 4.31. The van der Waals surface area contributed by atoms with E-state index < -0.39 is 5.54 Å². The smallest absolute Gasteiger partial charge is 0.262 e. The average molecular weight is 323 g/mol. The number of benzene rings is 1. The van der Waals surface area contributed by atoms with Crippen LogP contribution in [-0.4, -0.2) is 28.0 Å². The lowest BCUT2D eigenvalue weighted by molar-refractivity contribution is 0.0596. The number of thiophene rings is 1. The van der Waals surface area contributed by atoms with Gasteiger partial charge in [0.2, 0.25) is 0 Å². The molecule has 2 amide bonds. The molecule has 0 unspecified atom stereocenters. The van der Waals surface area contributed by atoms with Crippen molar-refractivity contribution in [1.29, 1.82) is 0 Å². The van der Waals surface area contributed by atoms with Gasteiger partial charge in [0, 0.05) is 0 Å². The Balaban J connectivity index is 1.62. The first-order valence-electron chi connectivity index (χ1n) is 7.37. The number of amides is 2. The Bertz CT molecular complexity index is 812. The molecule has 1 aromatic carbocycles. The van der Waals surface area contributed by atoms with Crippen molar-refractivity contribution < 1.29 is 14.4 Å². The van der Waals surface area contributed by atoms with Crippen molar-refractivity contribution in [3.63, 3.8) is 0 Å². The van der Waals surface area contributed by atoms with Gasteiger partial charge in [0.1, 0.15) is 0 Å². The Morgan fingerprint density at radius 2 is 1.70 bits per heavy atom. The molecule has 23 heavy (non-hydrogen) atoms. The van der Waals surface area contributed by atoms with Crippen LogP contribution in [0.25, 0.3) is 0 Å². The van der Waals surface area contributed by atoms with Crippen LogP contribution < -0.4 is 0 Å². The Hall–Kier alpha value is -2.53. The Morgan fingerprint density at radius 1 is 1.04 bits per heavy atom. The second kappa shape index (κ2) is 4.99. The van der Waals surface area contributed by atoms with Crippen LogP contribution in [0.4, 0.5) is 0 Å². The van der Waals surface area contributed by atoms with Crippen LogP contribution in [0.1, 0.15) is 43.2 Å². The number of ketones is 1. The Morgan fingerprint density at radius 3 is 2.22 bits per heavy atom. The molecule has 2 aromatic rings. The third-order valence-corrected chi connectivity index (χ3v) is 5.20. The maximum Gasteiger partial charge on any atom is 0.262 e. The van der Waals surface area contributed by atoms with Crippen LogP contribution in [0, 0.1) is 0 Å². The highest BCUT2D eigenvalue weighted by Gasteiger charge is 2.54. The van der Waals surface area contributed by atoms with Gasteiger partial charge in [-0.05, 0) is 42.5 Å². The molecule has 4 nitrogen and oxygen atoms in total. The van der Waals surface area contributed by atoms with E-state index in [0.29, 0.717) is 28.8 Å². The van der Waals surface area contributed by atoms with E-state index in [1.807, 2.05) is 11.4 Å². The second-order valence-corrected chi connectivity index (χ2v) is 6.72. The van der Waals surface area contributed by atoms with E-state index >= 15 is 0 Å². The molecule has 5 heteroatoms. The van der Waals surface area contributed by atoms with Crippen molar-refractivity contribution in [2.24, 2.45) is 0 Å². The minimum atomic E-state index is -0.639. The molecule has 1 fully saturated rings. The molecule has 0 N–H and O–H groups in total. The molecular formula is C18H13NO3S. The van der Waals surface area contributed by atoms with Gasteiger partial charge in [0.15, 0.2) is 5.78 Å². The van der Waals surface area contributed by atoms with Gasteiger partial charge in [-0.1, -0.05) is 24.3 Å². The zero-order chi connectivity index (χ0) is 16.0. The van der Waals surface area contributed by atoms with Crippen molar-refractivity contribution in [3.8, 4) is 0 Å². The zero-order valence-corrected chi connectivity index (χ0v) is 13.0.